The normalized spacial score (nSPS) is 14.4. The Hall–Kier alpha value is -1.36. The van der Waals surface area contributed by atoms with Gasteiger partial charge in [-0.25, -0.2) is 0 Å². The predicted octanol–water partition coefficient (Wildman–Crippen LogP) is 6.33. The highest BCUT2D eigenvalue weighted by Crippen LogP contribution is 2.38. The van der Waals surface area contributed by atoms with E-state index in [4.69, 9.17) is 4.74 Å². The summed E-state index contributed by atoms with van der Waals surface area (Å²) in [5.74, 6) is -0.186. The van der Waals surface area contributed by atoms with Crippen LogP contribution in [-0.2, 0) is 11.3 Å². The summed E-state index contributed by atoms with van der Waals surface area (Å²) >= 11 is 4.43. The van der Waals surface area contributed by atoms with E-state index in [2.05, 4.69) is 19.2 Å². The average molecular weight is 358 g/mol. The summed E-state index contributed by atoms with van der Waals surface area (Å²) < 4.78 is 44.9. The van der Waals surface area contributed by atoms with E-state index in [1.54, 1.807) is 0 Å². The molecular formula is C19H25F3OS. The Morgan fingerprint density at radius 1 is 1.25 bits per heavy atom. The molecule has 0 bridgehead atoms. The van der Waals surface area contributed by atoms with Gasteiger partial charge in [0.1, 0.15) is 12.4 Å². The topological polar surface area (TPSA) is 9.23 Å². The SMILES string of the molecule is C=C(/C=C(\C[C@H](CC)C(C)(C)S)C(F)(F)F)OCc1ccccc1. The summed E-state index contributed by atoms with van der Waals surface area (Å²) in [6.07, 6.45) is -2.90. The van der Waals surface area contributed by atoms with Crippen molar-refractivity contribution >= 4 is 12.6 Å². The molecule has 0 saturated heterocycles. The molecule has 0 fully saturated rings. The van der Waals surface area contributed by atoms with E-state index >= 15 is 0 Å². The quantitative estimate of drug-likeness (QED) is 0.324. The fraction of sp³-hybridized carbons (Fsp3) is 0.474. The number of hydrogen-bond donors (Lipinski definition) is 1. The highest BCUT2D eigenvalue weighted by Gasteiger charge is 2.37. The van der Waals surface area contributed by atoms with E-state index in [1.165, 1.54) is 0 Å². The van der Waals surface area contributed by atoms with Crippen LogP contribution in [0.3, 0.4) is 0 Å². The minimum Gasteiger partial charge on any atom is -0.490 e. The maximum Gasteiger partial charge on any atom is 0.412 e. The molecule has 0 heterocycles. The van der Waals surface area contributed by atoms with Gasteiger partial charge in [-0.2, -0.15) is 25.8 Å². The van der Waals surface area contributed by atoms with E-state index < -0.39 is 16.5 Å². The van der Waals surface area contributed by atoms with Crippen LogP contribution in [0.1, 0.15) is 39.2 Å². The van der Waals surface area contributed by atoms with E-state index in [1.807, 2.05) is 51.1 Å². The molecule has 0 aliphatic rings. The highest BCUT2D eigenvalue weighted by atomic mass is 32.1. The highest BCUT2D eigenvalue weighted by molar-refractivity contribution is 7.81. The molecular weight excluding hydrogens is 333 g/mol. The van der Waals surface area contributed by atoms with Crippen molar-refractivity contribution in [2.24, 2.45) is 5.92 Å². The Labute approximate surface area is 148 Å². The molecule has 0 aliphatic carbocycles. The van der Waals surface area contributed by atoms with E-state index in [0.29, 0.717) is 6.42 Å². The van der Waals surface area contributed by atoms with Gasteiger partial charge in [0.15, 0.2) is 0 Å². The Morgan fingerprint density at radius 2 is 1.83 bits per heavy atom. The number of ether oxygens (including phenoxy) is 1. The van der Waals surface area contributed by atoms with Crippen molar-refractivity contribution in [2.45, 2.75) is 51.1 Å². The Kier molecular flexibility index (Phi) is 7.46. The number of alkyl halides is 3. The van der Waals surface area contributed by atoms with Gasteiger partial charge >= 0.3 is 6.18 Å². The standard InChI is InChI=1S/C19H25F3OS/c1-5-16(18(3,4)24)12-17(19(20,21)22)11-14(2)23-13-15-9-7-6-8-10-15/h6-11,16,24H,2,5,12-13H2,1,3-4H3/b17-11+/t16-/m0/s1. The number of allylic oxidation sites excluding steroid dienone is 2. The lowest BCUT2D eigenvalue weighted by Gasteiger charge is -2.30. The zero-order valence-electron chi connectivity index (χ0n) is 14.4. The maximum atomic E-state index is 13.3. The van der Waals surface area contributed by atoms with Crippen LogP contribution in [0.2, 0.25) is 0 Å². The van der Waals surface area contributed by atoms with Gasteiger partial charge in [0.05, 0.1) is 0 Å². The monoisotopic (exact) mass is 358 g/mol. The van der Waals surface area contributed by atoms with Crippen LogP contribution in [0.5, 0.6) is 0 Å². The molecule has 1 aromatic rings. The number of benzene rings is 1. The summed E-state index contributed by atoms with van der Waals surface area (Å²) in [6.45, 7) is 9.33. The molecule has 0 spiro atoms. The van der Waals surface area contributed by atoms with Crippen molar-refractivity contribution < 1.29 is 17.9 Å². The number of thiol groups is 1. The number of halogens is 3. The molecule has 0 unspecified atom stereocenters. The van der Waals surface area contributed by atoms with Crippen LogP contribution < -0.4 is 0 Å². The summed E-state index contributed by atoms with van der Waals surface area (Å²) in [7, 11) is 0. The van der Waals surface area contributed by atoms with Crippen molar-refractivity contribution in [1.29, 1.82) is 0 Å². The van der Waals surface area contributed by atoms with Crippen molar-refractivity contribution in [2.75, 3.05) is 0 Å². The first kappa shape index (κ1) is 20.7. The van der Waals surface area contributed by atoms with Gasteiger partial charge in [-0.3, -0.25) is 0 Å². The molecule has 0 aliphatic heterocycles. The fourth-order valence-electron chi connectivity index (χ4n) is 2.40. The van der Waals surface area contributed by atoms with Gasteiger partial charge in [0.25, 0.3) is 0 Å². The van der Waals surface area contributed by atoms with Crippen LogP contribution in [0.25, 0.3) is 0 Å². The van der Waals surface area contributed by atoms with Crippen molar-refractivity contribution in [3.05, 3.63) is 59.9 Å². The molecule has 1 rings (SSSR count). The Balaban J connectivity index is 2.83. The summed E-state index contributed by atoms with van der Waals surface area (Å²) in [5.41, 5.74) is 0.248. The molecule has 5 heteroatoms. The first-order valence-electron chi connectivity index (χ1n) is 7.89. The predicted molar refractivity (Wildman–Crippen MR) is 96.0 cm³/mol. The zero-order chi connectivity index (χ0) is 18.4. The molecule has 0 amide bonds. The van der Waals surface area contributed by atoms with Gasteiger partial charge in [-0.05, 0) is 24.0 Å². The van der Waals surface area contributed by atoms with Crippen molar-refractivity contribution in [3.8, 4) is 0 Å². The molecule has 0 aromatic heterocycles. The van der Waals surface area contributed by atoms with Crippen LogP contribution >= 0.6 is 12.6 Å². The first-order chi connectivity index (χ1) is 11.0. The zero-order valence-corrected chi connectivity index (χ0v) is 15.3. The molecule has 0 radical (unpaired) electrons. The Bertz CT molecular complexity index is 556. The summed E-state index contributed by atoms with van der Waals surface area (Å²) in [6, 6.07) is 9.25. The lowest BCUT2D eigenvalue weighted by Crippen LogP contribution is -2.27. The Morgan fingerprint density at radius 3 is 2.29 bits per heavy atom. The molecule has 0 saturated carbocycles. The lowest BCUT2D eigenvalue weighted by molar-refractivity contribution is -0.0959. The second-order valence-corrected chi connectivity index (χ2v) is 7.52. The number of rotatable bonds is 8. The smallest absolute Gasteiger partial charge is 0.412 e. The van der Waals surface area contributed by atoms with Gasteiger partial charge in [-0.15, -0.1) is 0 Å². The van der Waals surface area contributed by atoms with Crippen molar-refractivity contribution in [3.63, 3.8) is 0 Å². The molecule has 24 heavy (non-hydrogen) atoms. The van der Waals surface area contributed by atoms with Crippen LogP contribution in [0.15, 0.2) is 54.3 Å². The molecule has 1 aromatic carbocycles. The second-order valence-electron chi connectivity index (χ2n) is 6.37. The second kappa shape index (κ2) is 8.65. The molecule has 0 N–H and O–H groups in total. The van der Waals surface area contributed by atoms with E-state index in [0.717, 1.165) is 11.6 Å². The average Bonchev–Trinajstić information content (AvgIpc) is 2.48. The van der Waals surface area contributed by atoms with Crippen LogP contribution in [0.4, 0.5) is 13.2 Å². The largest absolute Gasteiger partial charge is 0.490 e. The van der Waals surface area contributed by atoms with Gasteiger partial charge in [0.2, 0.25) is 0 Å². The fourth-order valence-corrected chi connectivity index (χ4v) is 2.68. The van der Waals surface area contributed by atoms with E-state index in [-0.39, 0.29) is 24.7 Å². The molecule has 1 nitrogen and oxygen atoms in total. The van der Waals surface area contributed by atoms with E-state index in [9.17, 15) is 13.2 Å². The third kappa shape index (κ3) is 7.04. The van der Waals surface area contributed by atoms with Gasteiger partial charge < -0.3 is 4.74 Å². The van der Waals surface area contributed by atoms with Crippen molar-refractivity contribution in [1.82, 2.24) is 0 Å². The van der Waals surface area contributed by atoms with Gasteiger partial charge in [0, 0.05) is 10.3 Å². The van der Waals surface area contributed by atoms with Crippen LogP contribution in [-0.4, -0.2) is 10.9 Å². The third-order valence-electron chi connectivity index (χ3n) is 3.92. The summed E-state index contributed by atoms with van der Waals surface area (Å²) in [4.78, 5) is 0. The maximum absolute atomic E-state index is 13.3. The van der Waals surface area contributed by atoms with Crippen LogP contribution in [0, 0.1) is 5.92 Å². The lowest BCUT2D eigenvalue weighted by atomic mass is 9.86. The minimum atomic E-state index is -4.41. The molecule has 1 atom stereocenters. The number of hydrogen-bond acceptors (Lipinski definition) is 2. The third-order valence-corrected chi connectivity index (χ3v) is 4.29. The van der Waals surface area contributed by atoms with Gasteiger partial charge in [-0.1, -0.05) is 64.1 Å². The minimum absolute atomic E-state index is 0.0120. The first-order valence-corrected chi connectivity index (χ1v) is 8.34. The summed E-state index contributed by atoms with van der Waals surface area (Å²) in [5, 5.41) is 0. The molecule has 134 valence electrons.